The molecule has 0 bridgehead atoms. The molecule has 6 heteroatoms. The van der Waals surface area contributed by atoms with Crippen LogP contribution in [0.2, 0.25) is 0 Å². The van der Waals surface area contributed by atoms with E-state index in [-0.39, 0.29) is 31.1 Å². The van der Waals surface area contributed by atoms with E-state index in [4.69, 9.17) is 14.2 Å². The van der Waals surface area contributed by atoms with Crippen molar-refractivity contribution in [1.29, 1.82) is 0 Å². The number of ether oxygens (including phenoxy) is 3. The maximum Gasteiger partial charge on any atom is 0.306 e. The SMILES string of the molecule is CCCCC/C=C\C/C=C\C/C=C\C/C=C\CCCCCC(=O)OC[C@H](COC(=O)CCCCCCCCCCCCCCCCCCC)OC(=O)CCCCCCCCCCC/C=C\CCCCCCCC. The van der Waals surface area contributed by atoms with Gasteiger partial charge in [0.2, 0.25) is 0 Å². The van der Waals surface area contributed by atoms with Crippen LogP contribution in [0.1, 0.15) is 329 Å². The Labute approximate surface area is 453 Å². The number of esters is 3. The van der Waals surface area contributed by atoms with Gasteiger partial charge in [-0.1, -0.05) is 281 Å². The topological polar surface area (TPSA) is 78.9 Å². The normalized spacial score (nSPS) is 12.4. The summed E-state index contributed by atoms with van der Waals surface area (Å²) in [6, 6.07) is 0. The van der Waals surface area contributed by atoms with E-state index < -0.39 is 6.10 Å². The summed E-state index contributed by atoms with van der Waals surface area (Å²) >= 11 is 0. The summed E-state index contributed by atoms with van der Waals surface area (Å²) in [6.45, 7) is 6.63. The number of rotatable bonds is 58. The van der Waals surface area contributed by atoms with Gasteiger partial charge in [-0.25, -0.2) is 0 Å². The summed E-state index contributed by atoms with van der Waals surface area (Å²) in [5.41, 5.74) is 0. The highest BCUT2D eigenvalue weighted by molar-refractivity contribution is 5.71. The smallest absolute Gasteiger partial charge is 0.306 e. The van der Waals surface area contributed by atoms with Crippen molar-refractivity contribution in [2.24, 2.45) is 0 Å². The molecule has 0 saturated carbocycles. The van der Waals surface area contributed by atoms with Crippen LogP contribution >= 0.6 is 0 Å². The average molecular weight is 1020 g/mol. The number of allylic oxidation sites excluding steroid dienone is 10. The van der Waals surface area contributed by atoms with Gasteiger partial charge in [-0.3, -0.25) is 14.4 Å². The number of carbonyl (C=O) groups is 3. The van der Waals surface area contributed by atoms with Gasteiger partial charge in [0, 0.05) is 19.3 Å². The number of hydrogen-bond acceptors (Lipinski definition) is 6. The first kappa shape index (κ1) is 70.1. The van der Waals surface area contributed by atoms with Gasteiger partial charge in [-0.05, 0) is 89.9 Å². The zero-order valence-electron chi connectivity index (χ0n) is 48.7. The molecule has 0 aromatic rings. The zero-order valence-corrected chi connectivity index (χ0v) is 48.7. The Morgan fingerprint density at radius 1 is 0.274 bits per heavy atom. The van der Waals surface area contributed by atoms with E-state index in [1.54, 1.807) is 0 Å². The Kier molecular flexibility index (Phi) is 59.2. The van der Waals surface area contributed by atoms with E-state index in [2.05, 4.69) is 81.5 Å². The van der Waals surface area contributed by atoms with Crippen molar-refractivity contribution in [2.45, 2.75) is 335 Å². The van der Waals surface area contributed by atoms with Gasteiger partial charge in [-0.15, -0.1) is 0 Å². The Bertz CT molecular complexity index is 1310. The van der Waals surface area contributed by atoms with Gasteiger partial charge in [0.15, 0.2) is 6.10 Å². The Morgan fingerprint density at radius 2 is 0.493 bits per heavy atom. The van der Waals surface area contributed by atoms with Crippen molar-refractivity contribution in [2.75, 3.05) is 13.2 Å². The summed E-state index contributed by atoms with van der Waals surface area (Å²) in [5.74, 6) is -0.898. The summed E-state index contributed by atoms with van der Waals surface area (Å²) in [5, 5.41) is 0. The van der Waals surface area contributed by atoms with E-state index in [1.165, 1.54) is 205 Å². The van der Waals surface area contributed by atoms with E-state index in [0.29, 0.717) is 19.3 Å². The molecule has 6 nitrogen and oxygen atoms in total. The molecular weight excluding hydrogens is 901 g/mol. The maximum atomic E-state index is 12.9. The standard InChI is InChI=1S/C67H120O6/c1-4-7-10-13-16-19-22-25-28-31-33-36-39-42-45-48-51-54-57-60-66(69)72-63-64(62-71-65(68)59-56-53-50-47-44-41-38-35-30-27-24-21-18-15-12-9-6-3)73-67(70)61-58-55-52-49-46-43-40-37-34-32-29-26-23-20-17-14-11-8-5-2/h16,19,25-26,28-29,33,36,42,45,64H,4-15,17-18,20-24,27,30-32,34-35,37-41,43-44,46-63H2,1-3H3/b19-16-,28-25-,29-26-,36-33-,45-42-/t64-/m0/s1. The van der Waals surface area contributed by atoms with Crippen LogP contribution in [-0.2, 0) is 28.6 Å². The molecule has 1 atom stereocenters. The van der Waals surface area contributed by atoms with Crippen molar-refractivity contribution in [3.05, 3.63) is 60.8 Å². The minimum atomic E-state index is -0.788. The second-order valence-electron chi connectivity index (χ2n) is 21.3. The third-order valence-corrected chi connectivity index (χ3v) is 14.0. The molecule has 0 radical (unpaired) electrons. The van der Waals surface area contributed by atoms with E-state index >= 15 is 0 Å². The van der Waals surface area contributed by atoms with Crippen LogP contribution in [0.3, 0.4) is 0 Å². The highest BCUT2D eigenvalue weighted by Crippen LogP contribution is 2.17. The van der Waals surface area contributed by atoms with Crippen LogP contribution in [0.4, 0.5) is 0 Å². The fourth-order valence-electron chi connectivity index (χ4n) is 9.19. The van der Waals surface area contributed by atoms with Gasteiger partial charge in [0.1, 0.15) is 13.2 Å². The van der Waals surface area contributed by atoms with E-state index in [1.807, 2.05) is 0 Å². The van der Waals surface area contributed by atoms with Gasteiger partial charge in [0.05, 0.1) is 0 Å². The molecule has 0 rings (SSSR count). The lowest BCUT2D eigenvalue weighted by Gasteiger charge is -2.18. The molecule has 0 aromatic heterocycles. The molecule has 0 aliphatic rings. The molecule has 0 aliphatic heterocycles. The number of hydrogen-bond donors (Lipinski definition) is 0. The number of unbranched alkanes of at least 4 members (excludes halogenated alkanes) is 37. The second kappa shape index (κ2) is 61.7. The van der Waals surface area contributed by atoms with Crippen molar-refractivity contribution in [3.63, 3.8) is 0 Å². The molecule has 0 spiro atoms. The van der Waals surface area contributed by atoms with Crippen molar-refractivity contribution >= 4 is 17.9 Å². The van der Waals surface area contributed by atoms with Crippen molar-refractivity contribution < 1.29 is 28.6 Å². The Morgan fingerprint density at radius 3 is 0.822 bits per heavy atom. The van der Waals surface area contributed by atoms with Gasteiger partial charge >= 0.3 is 17.9 Å². The minimum absolute atomic E-state index is 0.0820. The van der Waals surface area contributed by atoms with E-state index in [9.17, 15) is 14.4 Å². The number of carbonyl (C=O) groups excluding carboxylic acids is 3. The van der Waals surface area contributed by atoms with Crippen molar-refractivity contribution in [1.82, 2.24) is 0 Å². The predicted molar refractivity (Wildman–Crippen MR) is 316 cm³/mol. The van der Waals surface area contributed by atoms with Crippen LogP contribution in [-0.4, -0.2) is 37.2 Å². The predicted octanol–water partition coefficient (Wildman–Crippen LogP) is 21.6. The van der Waals surface area contributed by atoms with Crippen LogP contribution < -0.4 is 0 Å². The summed E-state index contributed by atoms with van der Waals surface area (Å²) in [6.07, 6.45) is 77.9. The van der Waals surface area contributed by atoms with Gasteiger partial charge in [-0.2, -0.15) is 0 Å². The molecule has 0 fully saturated rings. The molecule has 0 saturated heterocycles. The highest BCUT2D eigenvalue weighted by atomic mass is 16.6. The van der Waals surface area contributed by atoms with Gasteiger partial charge in [0.25, 0.3) is 0 Å². The summed E-state index contributed by atoms with van der Waals surface area (Å²) in [7, 11) is 0. The van der Waals surface area contributed by atoms with Gasteiger partial charge < -0.3 is 14.2 Å². The zero-order chi connectivity index (χ0) is 52.9. The lowest BCUT2D eigenvalue weighted by atomic mass is 10.0. The quantitative estimate of drug-likeness (QED) is 0.0261. The van der Waals surface area contributed by atoms with Crippen LogP contribution in [0.5, 0.6) is 0 Å². The monoisotopic (exact) mass is 1020 g/mol. The second-order valence-corrected chi connectivity index (χ2v) is 21.3. The molecular formula is C67H120O6. The van der Waals surface area contributed by atoms with Crippen molar-refractivity contribution in [3.8, 4) is 0 Å². The summed E-state index contributed by atoms with van der Waals surface area (Å²) in [4.78, 5) is 38.3. The first-order chi connectivity index (χ1) is 36.0. The largest absolute Gasteiger partial charge is 0.462 e. The fraction of sp³-hybridized carbons (Fsp3) is 0.806. The molecule has 0 N–H and O–H groups in total. The third-order valence-electron chi connectivity index (χ3n) is 14.0. The van der Waals surface area contributed by atoms with Crippen LogP contribution in [0.15, 0.2) is 60.8 Å². The average Bonchev–Trinajstić information content (AvgIpc) is 3.39. The molecule has 424 valence electrons. The first-order valence-corrected chi connectivity index (χ1v) is 31.8. The highest BCUT2D eigenvalue weighted by Gasteiger charge is 2.19. The Hall–Kier alpha value is -2.89. The Balaban J connectivity index is 4.41. The lowest BCUT2D eigenvalue weighted by molar-refractivity contribution is -0.167. The van der Waals surface area contributed by atoms with Crippen LogP contribution in [0.25, 0.3) is 0 Å². The fourth-order valence-corrected chi connectivity index (χ4v) is 9.19. The molecule has 0 aromatic carbocycles. The summed E-state index contributed by atoms with van der Waals surface area (Å²) < 4.78 is 16.9. The van der Waals surface area contributed by atoms with Crippen LogP contribution in [0, 0.1) is 0 Å². The third kappa shape index (κ3) is 59.9. The maximum absolute atomic E-state index is 12.9. The molecule has 0 amide bonds. The molecule has 73 heavy (non-hydrogen) atoms. The minimum Gasteiger partial charge on any atom is -0.462 e. The molecule has 0 aliphatic carbocycles. The molecule has 0 heterocycles. The first-order valence-electron chi connectivity index (χ1n) is 31.8. The van der Waals surface area contributed by atoms with E-state index in [0.717, 1.165) is 83.5 Å². The lowest BCUT2D eigenvalue weighted by Crippen LogP contribution is -2.30. The molecule has 0 unspecified atom stereocenters.